The van der Waals surface area contributed by atoms with Crippen LogP contribution in [0.25, 0.3) is 10.8 Å². The van der Waals surface area contributed by atoms with E-state index >= 15 is 0 Å². The van der Waals surface area contributed by atoms with Crippen molar-refractivity contribution < 1.29 is 14.7 Å². The second-order valence-corrected chi connectivity index (χ2v) is 8.82. The lowest BCUT2D eigenvalue weighted by Crippen LogP contribution is -2.49. The van der Waals surface area contributed by atoms with Gasteiger partial charge in [0.15, 0.2) is 0 Å². The van der Waals surface area contributed by atoms with Crippen LogP contribution < -0.4 is 5.32 Å². The maximum absolute atomic E-state index is 13.4. The summed E-state index contributed by atoms with van der Waals surface area (Å²) in [7, 11) is 2.12. The van der Waals surface area contributed by atoms with Crippen molar-refractivity contribution in [2.75, 3.05) is 33.2 Å². The third-order valence-electron chi connectivity index (χ3n) is 5.63. The molecule has 1 fully saturated rings. The van der Waals surface area contributed by atoms with Gasteiger partial charge in [-0.3, -0.25) is 14.5 Å². The fourth-order valence-corrected chi connectivity index (χ4v) is 4.56. The highest BCUT2D eigenvalue weighted by molar-refractivity contribution is 6.34. The molecule has 0 saturated carbocycles. The van der Waals surface area contributed by atoms with E-state index in [2.05, 4.69) is 52.5 Å². The summed E-state index contributed by atoms with van der Waals surface area (Å²) in [6.07, 6.45) is 0. The number of carboxylic acid groups (broad SMARTS) is 1. The molecule has 4 rings (SSSR count). The zero-order valence-electron chi connectivity index (χ0n) is 18.4. The molecule has 0 aliphatic carbocycles. The van der Waals surface area contributed by atoms with Gasteiger partial charge in [0.2, 0.25) is 5.91 Å². The van der Waals surface area contributed by atoms with E-state index in [9.17, 15) is 4.79 Å². The van der Waals surface area contributed by atoms with Crippen molar-refractivity contribution in [2.45, 2.75) is 12.6 Å². The number of carbonyl (C=O) groups is 2. The van der Waals surface area contributed by atoms with Crippen LogP contribution in [0.5, 0.6) is 0 Å². The normalized spacial score (nSPS) is 15.4. The Morgan fingerprint density at radius 2 is 1.61 bits per heavy atom. The highest BCUT2D eigenvalue weighted by atomic mass is 35.5. The van der Waals surface area contributed by atoms with Crippen molar-refractivity contribution in [1.29, 1.82) is 0 Å². The first-order valence-corrected chi connectivity index (χ1v) is 11.4. The van der Waals surface area contributed by atoms with Crippen LogP contribution in [-0.2, 0) is 16.1 Å². The summed E-state index contributed by atoms with van der Waals surface area (Å²) in [5.74, 6) is -0.00840. The SMILES string of the molecule is CN1CCN(C(C(=O)NCc2cc(Cl)cc(Cl)c2)c2ccc3ccccc3c2)CC1.O=CO. The molecule has 33 heavy (non-hydrogen) atoms. The number of nitrogens with zero attached hydrogens (tertiary/aromatic N) is 2. The van der Waals surface area contributed by atoms with Gasteiger partial charge in [-0.15, -0.1) is 0 Å². The highest BCUT2D eigenvalue weighted by Crippen LogP contribution is 2.27. The number of piperazine rings is 1. The predicted octanol–water partition coefficient (Wildman–Crippen LogP) is 4.45. The van der Waals surface area contributed by atoms with Crippen LogP contribution in [0.4, 0.5) is 0 Å². The number of carbonyl (C=O) groups excluding carboxylic acids is 1. The van der Waals surface area contributed by atoms with Crippen LogP contribution in [0.3, 0.4) is 0 Å². The largest absolute Gasteiger partial charge is 0.483 e. The molecule has 1 amide bonds. The average Bonchev–Trinajstić information content (AvgIpc) is 2.79. The van der Waals surface area contributed by atoms with Gasteiger partial charge in [-0.1, -0.05) is 59.6 Å². The lowest BCUT2D eigenvalue weighted by molar-refractivity contribution is -0.127. The van der Waals surface area contributed by atoms with Crippen molar-refractivity contribution in [1.82, 2.24) is 15.1 Å². The summed E-state index contributed by atoms with van der Waals surface area (Å²) in [5.41, 5.74) is 1.90. The van der Waals surface area contributed by atoms with Gasteiger partial charge in [0.1, 0.15) is 6.04 Å². The molecule has 0 bridgehead atoms. The van der Waals surface area contributed by atoms with Crippen LogP contribution in [0.2, 0.25) is 10.0 Å². The minimum absolute atomic E-state index is 0.00840. The van der Waals surface area contributed by atoms with Crippen molar-refractivity contribution in [2.24, 2.45) is 0 Å². The van der Waals surface area contributed by atoms with E-state index in [1.165, 1.54) is 5.39 Å². The molecule has 1 heterocycles. The molecule has 2 N–H and O–H groups in total. The molecule has 8 heteroatoms. The molecular weight excluding hydrogens is 461 g/mol. The Bertz CT molecular complexity index is 1080. The van der Waals surface area contributed by atoms with E-state index in [0.717, 1.165) is 42.7 Å². The van der Waals surface area contributed by atoms with Crippen molar-refractivity contribution in [3.8, 4) is 0 Å². The monoisotopic (exact) mass is 487 g/mol. The van der Waals surface area contributed by atoms with E-state index < -0.39 is 0 Å². The maximum atomic E-state index is 13.4. The smallest absolute Gasteiger partial charge is 0.290 e. The van der Waals surface area contributed by atoms with Gasteiger partial charge in [0.25, 0.3) is 6.47 Å². The fourth-order valence-electron chi connectivity index (χ4n) is 3.98. The van der Waals surface area contributed by atoms with Gasteiger partial charge in [-0.25, -0.2) is 0 Å². The van der Waals surface area contributed by atoms with Crippen molar-refractivity contribution in [3.63, 3.8) is 0 Å². The second-order valence-electron chi connectivity index (χ2n) is 7.95. The summed E-state index contributed by atoms with van der Waals surface area (Å²) in [4.78, 5) is 26.3. The molecule has 1 unspecified atom stereocenters. The lowest BCUT2D eigenvalue weighted by atomic mass is 9.99. The Morgan fingerprint density at radius 3 is 2.24 bits per heavy atom. The lowest BCUT2D eigenvalue weighted by Gasteiger charge is -2.37. The van der Waals surface area contributed by atoms with Crippen molar-refractivity contribution >= 4 is 46.4 Å². The van der Waals surface area contributed by atoms with Crippen LogP contribution >= 0.6 is 23.2 Å². The molecule has 0 aromatic heterocycles. The van der Waals surface area contributed by atoms with Gasteiger partial charge in [-0.2, -0.15) is 0 Å². The zero-order chi connectivity index (χ0) is 23.8. The minimum Gasteiger partial charge on any atom is -0.483 e. The van der Waals surface area contributed by atoms with E-state index in [0.29, 0.717) is 16.6 Å². The first-order chi connectivity index (χ1) is 15.9. The fraction of sp³-hybridized carbons (Fsp3) is 0.280. The average molecular weight is 488 g/mol. The molecule has 0 spiro atoms. The molecule has 3 aromatic carbocycles. The van der Waals surface area contributed by atoms with Gasteiger partial charge >= 0.3 is 0 Å². The van der Waals surface area contributed by atoms with E-state index in [-0.39, 0.29) is 18.4 Å². The minimum atomic E-state index is -0.335. The number of fused-ring (bicyclic) bond motifs is 1. The summed E-state index contributed by atoms with van der Waals surface area (Å²) >= 11 is 12.2. The standard InChI is InChI=1S/C24H25Cl2N3O.CH2O2/c1-28-8-10-29(11-9-28)23(20-7-6-18-4-2-3-5-19(18)14-20)24(30)27-16-17-12-21(25)15-22(26)13-17;2-1-3/h2-7,12-15,23H,8-11,16H2,1H3,(H,27,30);1H,(H,2,3). The molecule has 6 nitrogen and oxygen atoms in total. The maximum Gasteiger partial charge on any atom is 0.290 e. The number of likely N-dealkylation sites (N-methyl/N-ethyl adjacent to an activating group) is 1. The molecule has 1 aliphatic rings. The van der Waals surface area contributed by atoms with Gasteiger partial charge < -0.3 is 15.3 Å². The molecule has 1 saturated heterocycles. The van der Waals surface area contributed by atoms with Gasteiger partial charge in [0.05, 0.1) is 0 Å². The zero-order valence-corrected chi connectivity index (χ0v) is 19.9. The predicted molar refractivity (Wildman–Crippen MR) is 133 cm³/mol. The third kappa shape index (κ3) is 6.92. The topological polar surface area (TPSA) is 72.9 Å². The van der Waals surface area contributed by atoms with Crippen molar-refractivity contribution in [3.05, 3.63) is 81.8 Å². The number of rotatable bonds is 5. The quantitative estimate of drug-likeness (QED) is 0.520. The Balaban J connectivity index is 0.000000968. The Labute approximate surface area is 203 Å². The molecule has 0 radical (unpaired) electrons. The number of hydrogen-bond acceptors (Lipinski definition) is 4. The van der Waals surface area contributed by atoms with Crippen LogP contribution in [-0.4, -0.2) is 60.5 Å². The Kier molecular flexibility index (Phi) is 9.09. The molecule has 1 atom stereocenters. The molecule has 3 aromatic rings. The summed E-state index contributed by atoms with van der Waals surface area (Å²) in [5, 5.41) is 13.4. The number of nitrogens with one attached hydrogen (secondary N) is 1. The summed E-state index contributed by atoms with van der Waals surface area (Å²) in [6.45, 7) is 3.73. The number of hydrogen-bond donors (Lipinski definition) is 2. The first-order valence-electron chi connectivity index (χ1n) is 10.6. The van der Waals surface area contributed by atoms with Crippen LogP contribution in [0, 0.1) is 0 Å². The Hall–Kier alpha value is -2.64. The first kappa shape index (κ1) is 25.0. The summed E-state index contributed by atoms with van der Waals surface area (Å²) in [6, 6.07) is 19.5. The number of amides is 1. The second kappa shape index (κ2) is 12.0. The van der Waals surface area contributed by atoms with Gasteiger partial charge in [-0.05, 0) is 53.2 Å². The summed E-state index contributed by atoms with van der Waals surface area (Å²) < 4.78 is 0. The highest BCUT2D eigenvalue weighted by Gasteiger charge is 2.29. The van der Waals surface area contributed by atoms with Crippen LogP contribution in [0.1, 0.15) is 17.2 Å². The molecule has 1 aliphatic heterocycles. The Morgan fingerprint density at radius 1 is 1.00 bits per heavy atom. The number of halogens is 2. The van der Waals surface area contributed by atoms with E-state index in [1.54, 1.807) is 6.07 Å². The third-order valence-corrected chi connectivity index (χ3v) is 6.07. The molecule has 174 valence electrons. The molecular formula is C25H27Cl2N3O3. The van der Waals surface area contributed by atoms with Crippen LogP contribution in [0.15, 0.2) is 60.7 Å². The van der Waals surface area contributed by atoms with E-state index in [4.69, 9.17) is 33.1 Å². The van der Waals surface area contributed by atoms with E-state index in [1.807, 2.05) is 24.3 Å². The van der Waals surface area contributed by atoms with Gasteiger partial charge in [0, 0.05) is 42.8 Å². The number of benzene rings is 3.